The lowest BCUT2D eigenvalue weighted by molar-refractivity contribution is 0.509. The van der Waals surface area contributed by atoms with Gasteiger partial charge in [-0.1, -0.05) is 13.8 Å². The topological polar surface area (TPSA) is 102 Å². The Morgan fingerprint density at radius 1 is 1.53 bits per heavy atom. The maximum atomic E-state index is 12.1. The number of hydrogen-bond donors (Lipinski definition) is 3. The Balaban J connectivity index is 2.13. The molecule has 19 heavy (non-hydrogen) atoms. The van der Waals surface area contributed by atoms with Crippen LogP contribution in [-0.2, 0) is 13.1 Å². The molecule has 0 fully saturated rings. The van der Waals surface area contributed by atoms with Gasteiger partial charge in [-0.2, -0.15) is 5.10 Å². The van der Waals surface area contributed by atoms with Crippen molar-refractivity contribution in [2.24, 2.45) is 5.92 Å². The third-order valence-corrected chi connectivity index (χ3v) is 2.67. The molecular formula is C12H18N6O. The van der Waals surface area contributed by atoms with Crippen molar-refractivity contribution in [1.29, 1.82) is 0 Å². The van der Waals surface area contributed by atoms with Crippen LogP contribution < -0.4 is 16.6 Å². The van der Waals surface area contributed by atoms with Crippen LogP contribution in [-0.4, -0.2) is 19.7 Å². The summed E-state index contributed by atoms with van der Waals surface area (Å²) in [5, 5.41) is 9.45. The van der Waals surface area contributed by atoms with E-state index in [-0.39, 0.29) is 5.56 Å². The highest BCUT2D eigenvalue weighted by Gasteiger charge is 2.07. The van der Waals surface area contributed by atoms with Gasteiger partial charge in [-0.3, -0.25) is 9.89 Å². The van der Waals surface area contributed by atoms with Crippen molar-refractivity contribution in [3.05, 3.63) is 34.5 Å². The van der Waals surface area contributed by atoms with Crippen molar-refractivity contribution >= 4 is 11.6 Å². The number of aromatic amines is 1. The number of aromatic nitrogens is 4. The first-order valence-electron chi connectivity index (χ1n) is 6.15. The Kier molecular flexibility index (Phi) is 3.84. The summed E-state index contributed by atoms with van der Waals surface area (Å²) in [5.41, 5.74) is 6.36. The van der Waals surface area contributed by atoms with Gasteiger partial charge in [0.2, 0.25) is 0 Å². The molecule has 0 aliphatic rings. The van der Waals surface area contributed by atoms with Crippen molar-refractivity contribution in [1.82, 2.24) is 19.7 Å². The van der Waals surface area contributed by atoms with Crippen LogP contribution in [0.5, 0.6) is 0 Å². The van der Waals surface area contributed by atoms with Gasteiger partial charge >= 0.3 is 0 Å². The van der Waals surface area contributed by atoms with Crippen molar-refractivity contribution in [2.45, 2.75) is 26.9 Å². The largest absolute Gasteiger partial charge is 0.384 e. The average molecular weight is 262 g/mol. The molecule has 2 heterocycles. The van der Waals surface area contributed by atoms with E-state index in [4.69, 9.17) is 5.73 Å². The number of H-pyrrole nitrogens is 1. The number of hydrogen-bond acceptors (Lipinski definition) is 5. The van der Waals surface area contributed by atoms with Gasteiger partial charge in [0.25, 0.3) is 5.56 Å². The Morgan fingerprint density at radius 2 is 2.32 bits per heavy atom. The lowest BCUT2D eigenvalue weighted by Crippen LogP contribution is -2.25. The summed E-state index contributed by atoms with van der Waals surface area (Å²) in [4.78, 5) is 16.2. The van der Waals surface area contributed by atoms with E-state index >= 15 is 0 Å². The summed E-state index contributed by atoms with van der Waals surface area (Å²) in [6.07, 6.45) is 4.93. The summed E-state index contributed by atoms with van der Waals surface area (Å²) in [5.74, 6) is 1.21. The second-order valence-corrected chi connectivity index (χ2v) is 4.79. The number of nitrogens with two attached hydrogens (primary N) is 1. The SMILES string of the molecule is CC(C)Cn1ccnc(NCc2cn[nH]c2N)c1=O. The highest BCUT2D eigenvalue weighted by atomic mass is 16.1. The summed E-state index contributed by atoms with van der Waals surface area (Å²) in [7, 11) is 0. The Morgan fingerprint density at radius 3 is 2.95 bits per heavy atom. The normalized spacial score (nSPS) is 10.9. The molecular weight excluding hydrogens is 244 g/mol. The monoisotopic (exact) mass is 262 g/mol. The van der Waals surface area contributed by atoms with Gasteiger partial charge in [0.1, 0.15) is 5.82 Å². The van der Waals surface area contributed by atoms with Crippen LogP contribution in [0, 0.1) is 5.92 Å². The van der Waals surface area contributed by atoms with Gasteiger partial charge in [0.05, 0.1) is 6.20 Å². The number of nitrogen functional groups attached to an aromatic ring is 1. The first-order chi connectivity index (χ1) is 9.08. The summed E-state index contributed by atoms with van der Waals surface area (Å²) >= 11 is 0. The molecule has 7 heteroatoms. The van der Waals surface area contributed by atoms with E-state index in [0.29, 0.717) is 30.6 Å². The third kappa shape index (κ3) is 3.12. The summed E-state index contributed by atoms with van der Waals surface area (Å²) in [6, 6.07) is 0. The predicted molar refractivity (Wildman–Crippen MR) is 73.7 cm³/mol. The van der Waals surface area contributed by atoms with E-state index in [9.17, 15) is 4.79 Å². The number of nitrogens with zero attached hydrogens (tertiary/aromatic N) is 3. The number of anilines is 2. The lowest BCUT2D eigenvalue weighted by Gasteiger charge is -2.10. The quantitative estimate of drug-likeness (QED) is 0.740. The first-order valence-corrected chi connectivity index (χ1v) is 6.15. The van der Waals surface area contributed by atoms with Crippen molar-refractivity contribution < 1.29 is 0 Å². The zero-order valence-corrected chi connectivity index (χ0v) is 11.1. The highest BCUT2D eigenvalue weighted by molar-refractivity contribution is 5.40. The molecule has 0 amide bonds. The second-order valence-electron chi connectivity index (χ2n) is 4.79. The fourth-order valence-corrected chi connectivity index (χ4v) is 1.75. The van der Waals surface area contributed by atoms with Gasteiger partial charge in [0.15, 0.2) is 5.82 Å². The van der Waals surface area contributed by atoms with E-state index in [1.54, 1.807) is 23.2 Å². The van der Waals surface area contributed by atoms with E-state index < -0.39 is 0 Å². The average Bonchev–Trinajstić information content (AvgIpc) is 2.76. The van der Waals surface area contributed by atoms with Crippen molar-refractivity contribution in [3.8, 4) is 0 Å². The van der Waals surface area contributed by atoms with Crippen LogP contribution in [0.1, 0.15) is 19.4 Å². The van der Waals surface area contributed by atoms with Gasteiger partial charge in [-0.15, -0.1) is 0 Å². The molecule has 0 aliphatic carbocycles. The van der Waals surface area contributed by atoms with Crippen LogP contribution in [0.25, 0.3) is 0 Å². The fourth-order valence-electron chi connectivity index (χ4n) is 1.75. The molecule has 0 aliphatic heterocycles. The molecule has 7 nitrogen and oxygen atoms in total. The second kappa shape index (κ2) is 5.55. The molecule has 2 rings (SSSR count). The number of nitrogens with one attached hydrogen (secondary N) is 2. The van der Waals surface area contributed by atoms with Crippen LogP contribution in [0.2, 0.25) is 0 Å². The summed E-state index contributed by atoms with van der Waals surface area (Å²) in [6.45, 7) is 5.21. The minimum Gasteiger partial charge on any atom is -0.384 e. The lowest BCUT2D eigenvalue weighted by atomic mass is 10.2. The number of rotatable bonds is 5. The maximum absolute atomic E-state index is 12.1. The smallest absolute Gasteiger partial charge is 0.293 e. The molecule has 0 spiro atoms. The fraction of sp³-hybridized carbons (Fsp3) is 0.417. The van der Waals surface area contributed by atoms with Gasteiger partial charge in [-0.25, -0.2) is 4.98 Å². The molecule has 0 saturated heterocycles. The Bertz CT molecular complexity index is 600. The minimum atomic E-state index is -0.127. The van der Waals surface area contributed by atoms with E-state index in [1.165, 1.54) is 0 Å². The van der Waals surface area contributed by atoms with E-state index in [1.807, 2.05) is 0 Å². The zero-order valence-electron chi connectivity index (χ0n) is 11.1. The molecule has 0 unspecified atom stereocenters. The highest BCUT2D eigenvalue weighted by Crippen LogP contribution is 2.07. The maximum Gasteiger partial charge on any atom is 0.293 e. The van der Waals surface area contributed by atoms with Gasteiger partial charge < -0.3 is 15.6 Å². The van der Waals surface area contributed by atoms with Gasteiger partial charge in [-0.05, 0) is 5.92 Å². The molecule has 0 atom stereocenters. The van der Waals surface area contributed by atoms with E-state index in [2.05, 4.69) is 34.3 Å². The zero-order chi connectivity index (χ0) is 13.8. The van der Waals surface area contributed by atoms with Crippen LogP contribution >= 0.6 is 0 Å². The summed E-state index contributed by atoms with van der Waals surface area (Å²) < 4.78 is 1.65. The molecule has 0 aromatic carbocycles. The van der Waals surface area contributed by atoms with Gasteiger partial charge in [0, 0.05) is 31.0 Å². The van der Waals surface area contributed by atoms with E-state index in [0.717, 1.165) is 5.56 Å². The molecule has 4 N–H and O–H groups in total. The van der Waals surface area contributed by atoms with Crippen LogP contribution in [0.3, 0.4) is 0 Å². The third-order valence-electron chi connectivity index (χ3n) is 2.67. The molecule has 2 aromatic heterocycles. The predicted octanol–water partition coefficient (Wildman–Crippen LogP) is 0.817. The molecule has 2 aromatic rings. The molecule has 0 radical (unpaired) electrons. The minimum absolute atomic E-state index is 0.127. The van der Waals surface area contributed by atoms with Crippen molar-refractivity contribution in [3.63, 3.8) is 0 Å². The first kappa shape index (κ1) is 13.1. The molecule has 0 bridgehead atoms. The molecule has 102 valence electrons. The standard InChI is InChI=1S/C12H18N6O/c1-8(2)7-18-4-3-14-11(12(18)19)15-5-9-6-16-17-10(9)13/h3-4,6,8H,5,7H2,1-2H3,(H,14,15)(H3,13,16,17). The van der Waals surface area contributed by atoms with Crippen LogP contribution in [0.4, 0.5) is 11.6 Å². The van der Waals surface area contributed by atoms with Crippen molar-refractivity contribution in [2.75, 3.05) is 11.1 Å². The van der Waals surface area contributed by atoms with Crippen LogP contribution in [0.15, 0.2) is 23.4 Å². The Hall–Kier alpha value is -2.31. The molecule has 0 saturated carbocycles. The Labute approximate surface area is 110 Å².